The molecule has 0 bridgehead atoms. The lowest BCUT2D eigenvalue weighted by molar-refractivity contribution is 0.281. The fraction of sp³-hybridized carbons (Fsp3) is 0.333. The Morgan fingerprint density at radius 2 is 1.78 bits per heavy atom. The number of nitrogens with one attached hydrogen (secondary N) is 1. The summed E-state index contributed by atoms with van der Waals surface area (Å²) >= 11 is 0. The monoisotopic (exact) mass is 253 g/mol. The molecule has 1 N–H and O–H groups in total. The standard InChI is InChI=1S/C12H13F2N3O/c1-12(2,15-3)11-16-10(17-18-11)7-4-8(13)6-9(14)5-7/h4-6,15H,1-3H3. The minimum absolute atomic E-state index is 0.159. The van der Waals surface area contributed by atoms with Crippen LogP contribution in [0.2, 0.25) is 0 Å². The van der Waals surface area contributed by atoms with E-state index in [0.29, 0.717) is 5.89 Å². The molecule has 0 radical (unpaired) electrons. The lowest BCUT2D eigenvalue weighted by Crippen LogP contribution is -2.33. The first kappa shape index (κ1) is 12.6. The normalized spacial score (nSPS) is 11.8. The number of hydrogen-bond acceptors (Lipinski definition) is 4. The van der Waals surface area contributed by atoms with Crippen LogP contribution in [-0.2, 0) is 5.54 Å². The highest BCUT2D eigenvalue weighted by molar-refractivity contribution is 5.54. The van der Waals surface area contributed by atoms with Crippen LogP contribution in [0, 0.1) is 11.6 Å². The average Bonchev–Trinajstić information content (AvgIpc) is 2.77. The van der Waals surface area contributed by atoms with Crippen molar-refractivity contribution in [2.45, 2.75) is 19.4 Å². The summed E-state index contributed by atoms with van der Waals surface area (Å²) in [5.74, 6) is -0.843. The molecule has 0 aliphatic heterocycles. The van der Waals surface area contributed by atoms with E-state index in [-0.39, 0.29) is 11.4 Å². The van der Waals surface area contributed by atoms with Gasteiger partial charge in [-0.1, -0.05) is 5.16 Å². The Hall–Kier alpha value is -1.82. The topological polar surface area (TPSA) is 51.0 Å². The van der Waals surface area contributed by atoms with Crippen LogP contribution < -0.4 is 5.32 Å². The molecule has 2 aromatic rings. The molecule has 0 atom stereocenters. The zero-order chi connectivity index (χ0) is 13.3. The molecule has 0 unspecified atom stereocenters. The maximum Gasteiger partial charge on any atom is 0.246 e. The largest absolute Gasteiger partial charge is 0.337 e. The van der Waals surface area contributed by atoms with Crippen molar-refractivity contribution < 1.29 is 13.3 Å². The molecule has 6 heteroatoms. The van der Waals surface area contributed by atoms with Crippen molar-refractivity contribution in [3.63, 3.8) is 0 Å². The van der Waals surface area contributed by atoms with Gasteiger partial charge >= 0.3 is 0 Å². The summed E-state index contributed by atoms with van der Waals surface area (Å²) in [6, 6.07) is 3.11. The number of nitrogens with zero attached hydrogens (tertiary/aromatic N) is 2. The van der Waals surface area contributed by atoms with Gasteiger partial charge in [-0.25, -0.2) is 8.78 Å². The summed E-state index contributed by atoms with van der Waals surface area (Å²) in [5.41, 5.74) is -0.258. The van der Waals surface area contributed by atoms with E-state index in [0.717, 1.165) is 18.2 Å². The number of halogens is 2. The van der Waals surface area contributed by atoms with E-state index in [1.807, 2.05) is 13.8 Å². The Morgan fingerprint density at radius 1 is 1.17 bits per heavy atom. The van der Waals surface area contributed by atoms with Crippen molar-refractivity contribution in [1.29, 1.82) is 0 Å². The molecule has 2 rings (SSSR count). The molecule has 0 aliphatic carbocycles. The predicted octanol–water partition coefficient (Wildman–Crippen LogP) is 2.47. The average molecular weight is 253 g/mol. The highest BCUT2D eigenvalue weighted by atomic mass is 19.1. The van der Waals surface area contributed by atoms with Crippen LogP contribution in [0.3, 0.4) is 0 Å². The first-order valence-corrected chi connectivity index (χ1v) is 5.42. The number of aromatic nitrogens is 2. The van der Waals surface area contributed by atoms with Crippen molar-refractivity contribution in [3.05, 3.63) is 35.7 Å². The third-order valence-electron chi connectivity index (χ3n) is 2.71. The molecule has 1 heterocycles. The van der Waals surface area contributed by atoms with Gasteiger partial charge in [-0.3, -0.25) is 0 Å². The van der Waals surface area contributed by atoms with Gasteiger partial charge in [0.05, 0.1) is 5.54 Å². The fourth-order valence-corrected chi connectivity index (χ4v) is 1.38. The van der Waals surface area contributed by atoms with Gasteiger partial charge in [0.25, 0.3) is 0 Å². The quantitative estimate of drug-likeness (QED) is 0.913. The highest BCUT2D eigenvalue weighted by Gasteiger charge is 2.25. The second-order valence-electron chi connectivity index (χ2n) is 4.46. The second kappa shape index (κ2) is 4.45. The van der Waals surface area contributed by atoms with E-state index in [2.05, 4.69) is 15.5 Å². The molecule has 0 spiro atoms. The maximum absolute atomic E-state index is 13.1. The molecule has 0 saturated heterocycles. The van der Waals surface area contributed by atoms with Crippen molar-refractivity contribution in [1.82, 2.24) is 15.5 Å². The summed E-state index contributed by atoms with van der Waals surface area (Å²) in [6.45, 7) is 3.72. The summed E-state index contributed by atoms with van der Waals surface area (Å²) in [4.78, 5) is 4.13. The van der Waals surface area contributed by atoms with E-state index in [1.165, 1.54) is 0 Å². The molecule has 96 valence electrons. The van der Waals surface area contributed by atoms with Crippen LogP contribution >= 0.6 is 0 Å². The Bertz CT molecular complexity index is 546. The summed E-state index contributed by atoms with van der Waals surface area (Å²) in [6.07, 6.45) is 0. The van der Waals surface area contributed by atoms with Crippen LogP contribution in [0.1, 0.15) is 19.7 Å². The Balaban J connectivity index is 2.41. The summed E-state index contributed by atoms with van der Waals surface area (Å²) in [7, 11) is 1.76. The number of rotatable bonds is 3. The van der Waals surface area contributed by atoms with E-state index in [4.69, 9.17) is 4.52 Å². The molecule has 0 amide bonds. The lowest BCUT2D eigenvalue weighted by Gasteiger charge is -2.17. The zero-order valence-electron chi connectivity index (χ0n) is 10.3. The minimum Gasteiger partial charge on any atom is -0.337 e. The molecule has 0 saturated carbocycles. The SMILES string of the molecule is CNC(C)(C)c1nc(-c2cc(F)cc(F)c2)no1. The van der Waals surface area contributed by atoms with Crippen LogP contribution in [0.5, 0.6) is 0 Å². The van der Waals surface area contributed by atoms with Crippen molar-refractivity contribution >= 4 is 0 Å². The molecule has 0 aliphatic rings. The smallest absolute Gasteiger partial charge is 0.246 e. The summed E-state index contributed by atoms with van der Waals surface area (Å²) in [5, 5.41) is 6.72. The van der Waals surface area contributed by atoms with Crippen molar-refractivity contribution in [3.8, 4) is 11.4 Å². The molecular formula is C12H13F2N3O. The Labute approximate surface area is 103 Å². The first-order chi connectivity index (χ1) is 8.42. The van der Waals surface area contributed by atoms with Crippen LogP contribution in [0.25, 0.3) is 11.4 Å². The fourth-order valence-electron chi connectivity index (χ4n) is 1.38. The lowest BCUT2D eigenvalue weighted by atomic mass is 10.1. The highest BCUT2D eigenvalue weighted by Crippen LogP contribution is 2.23. The van der Waals surface area contributed by atoms with Gasteiger partial charge in [-0.05, 0) is 33.0 Å². The van der Waals surface area contributed by atoms with Crippen LogP contribution in [0.15, 0.2) is 22.7 Å². The zero-order valence-corrected chi connectivity index (χ0v) is 10.3. The molecule has 4 nitrogen and oxygen atoms in total. The molecule has 0 fully saturated rings. The van der Waals surface area contributed by atoms with Gasteiger partial charge in [0, 0.05) is 11.6 Å². The third kappa shape index (κ3) is 2.38. The number of benzene rings is 1. The molecule has 1 aromatic carbocycles. The van der Waals surface area contributed by atoms with Crippen LogP contribution in [0.4, 0.5) is 8.78 Å². The van der Waals surface area contributed by atoms with E-state index in [9.17, 15) is 8.78 Å². The van der Waals surface area contributed by atoms with Crippen LogP contribution in [-0.4, -0.2) is 17.2 Å². The Morgan fingerprint density at radius 3 is 2.33 bits per heavy atom. The van der Waals surface area contributed by atoms with Crippen molar-refractivity contribution in [2.75, 3.05) is 7.05 Å². The van der Waals surface area contributed by atoms with Crippen molar-refractivity contribution in [2.24, 2.45) is 0 Å². The van der Waals surface area contributed by atoms with E-state index >= 15 is 0 Å². The second-order valence-corrected chi connectivity index (χ2v) is 4.46. The van der Waals surface area contributed by atoms with Gasteiger partial charge in [-0.2, -0.15) is 4.98 Å². The molecule has 18 heavy (non-hydrogen) atoms. The minimum atomic E-state index is -0.677. The van der Waals surface area contributed by atoms with E-state index < -0.39 is 17.2 Å². The Kier molecular flexibility index (Phi) is 3.13. The van der Waals surface area contributed by atoms with Gasteiger partial charge in [-0.15, -0.1) is 0 Å². The first-order valence-electron chi connectivity index (χ1n) is 5.42. The predicted molar refractivity (Wildman–Crippen MR) is 61.7 cm³/mol. The molecule has 1 aromatic heterocycles. The van der Waals surface area contributed by atoms with E-state index in [1.54, 1.807) is 7.05 Å². The molecular weight excluding hydrogens is 240 g/mol. The number of hydrogen-bond donors (Lipinski definition) is 1. The van der Waals surface area contributed by atoms with Gasteiger partial charge in [0.15, 0.2) is 0 Å². The van der Waals surface area contributed by atoms with Gasteiger partial charge in [0.2, 0.25) is 11.7 Å². The summed E-state index contributed by atoms with van der Waals surface area (Å²) < 4.78 is 31.3. The maximum atomic E-state index is 13.1. The van der Waals surface area contributed by atoms with Gasteiger partial charge in [0.1, 0.15) is 11.6 Å². The van der Waals surface area contributed by atoms with Gasteiger partial charge < -0.3 is 9.84 Å². The third-order valence-corrected chi connectivity index (χ3v) is 2.71.